The summed E-state index contributed by atoms with van der Waals surface area (Å²) in [5.41, 5.74) is 1.13. The molecule has 2 fully saturated rings. The first-order valence-corrected chi connectivity index (χ1v) is 6.68. The van der Waals surface area contributed by atoms with Crippen molar-refractivity contribution in [1.82, 2.24) is 5.32 Å². The van der Waals surface area contributed by atoms with Crippen LogP contribution in [0.25, 0.3) is 0 Å². The van der Waals surface area contributed by atoms with Gasteiger partial charge in [-0.25, -0.2) is 0 Å². The van der Waals surface area contributed by atoms with Crippen LogP contribution < -0.4 is 10.1 Å². The molecule has 0 bridgehead atoms. The molecule has 1 aliphatic carbocycles. The minimum Gasteiger partial charge on any atom is -0.497 e. The number of fused-ring (bicyclic) bond motifs is 1. The Morgan fingerprint density at radius 3 is 2.63 bits per heavy atom. The van der Waals surface area contributed by atoms with Crippen molar-refractivity contribution in [3.05, 3.63) is 29.8 Å². The van der Waals surface area contributed by atoms with Gasteiger partial charge >= 0.3 is 0 Å². The molecule has 0 aromatic heterocycles. The Balaban J connectivity index is 2.07. The first-order valence-electron chi connectivity index (χ1n) is 6.68. The number of benzene rings is 1. The molecule has 1 aliphatic heterocycles. The molecule has 1 aromatic carbocycles. The average molecular weight is 263 g/mol. The van der Waals surface area contributed by atoms with Gasteiger partial charge in [0.05, 0.1) is 12.5 Å². The van der Waals surface area contributed by atoms with Gasteiger partial charge in [0, 0.05) is 27.2 Å². The third-order valence-corrected chi connectivity index (χ3v) is 4.93. The zero-order valence-corrected chi connectivity index (χ0v) is 11.7. The van der Waals surface area contributed by atoms with Gasteiger partial charge in [-0.2, -0.15) is 0 Å². The van der Waals surface area contributed by atoms with Gasteiger partial charge in [-0.15, -0.1) is 0 Å². The SMILES string of the molecule is COc1cccc(C23CNCC2CC3(OC)OC)c1. The van der Waals surface area contributed by atoms with Gasteiger partial charge in [0.15, 0.2) is 5.79 Å². The molecule has 0 radical (unpaired) electrons. The summed E-state index contributed by atoms with van der Waals surface area (Å²) in [7, 11) is 5.17. The predicted octanol–water partition coefficient (Wildman–Crippen LogP) is 1.55. The van der Waals surface area contributed by atoms with E-state index in [-0.39, 0.29) is 5.41 Å². The van der Waals surface area contributed by atoms with Crippen LogP contribution in [0, 0.1) is 5.92 Å². The third kappa shape index (κ3) is 1.51. The van der Waals surface area contributed by atoms with Crippen molar-refractivity contribution < 1.29 is 14.2 Å². The van der Waals surface area contributed by atoms with E-state index in [1.165, 1.54) is 5.56 Å². The molecule has 0 amide bonds. The van der Waals surface area contributed by atoms with Gasteiger partial charge in [-0.3, -0.25) is 0 Å². The summed E-state index contributed by atoms with van der Waals surface area (Å²) in [6.07, 6.45) is 0.935. The number of hydrogen-bond donors (Lipinski definition) is 1. The molecule has 3 rings (SSSR count). The van der Waals surface area contributed by atoms with Gasteiger partial charge in [0.25, 0.3) is 0 Å². The fraction of sp³-hybridized carbons (Fsp3) is 0.600. The Labute approximate surface area is 114 Å². The highest BCUT2D eigenvalue weighted by Crippen LogP contribution is 2.60. The lowest BCUT2D eigenvalue weighted by molar-refractivity contribution is -0.314. The van der Waals surface area contributed by atoms with Crippen LogP contribution in [0.1, 0.15) is 12.0 Å². The van der Waals surface area contributed by atoms with Gasteiger partial charge in [-0.05, 0) is 30.2 Å². The van der Waals surface area contributed by atoms with Crippen LogP contribution in [0.5, 0.6) is 5.75 Å². The lowest BCUT2D eigenvalue weighted by Crippen LogP contribution is -2.68. The molecule has 104 valence electrons. The Morgan fingerprint density at radius 2 is 2.00 bits per heavy atom. The minimum absolute atomic E-state index is 0.106. The van der Waals surface area contributed by atoms with E-state index in [9.17, 15) is 0 Å². The van der Waals surface area contributed by atoms with E-state index in [1.54, 1.807) is 21.3 Å². The molecule has 1 aromatic rings. The van der Waals surface area contributed by atoms with Crippen LogP contribution in [0.15, 0.2) is 24.3 Å². The lowest BCUT2D eigenvalue weighted by atomic mass is 9.53. The first-order chi connectivity index (χ1) is 9.22. The van der Waals surface area contributed by atoms with E-state index in [0.29, 0.717) is 5.92 Å². The number of methoxy groups -OCH3 is 3. The molecule has 2 atom stereocenters. The Bertz CT molecular complexity index is 472. The topological polar surface area (TPSA) is 39.7 Å². The molecule has 19 heavy (non-hydrogen) atoms. The minimum atomic E-state index is -0.520. The number of rotatable bonds is 4. The van der Waals surface area contributed by atoms with E-state index in [0.717, 1.165) is 25.3 Å². The molecule has 2 aliphatic rings. The van der Waals surface area contributed by atoms with Gasteiger partial charge in [0.2, 0.25) is 0 Å². The zero-order valence-electron chi connectivity index (χ0n) is 11.7. The molecule has 4 nitrogen and oxygen atoms in total. The van der Waals surface area contributed by atoms with Crippen molar-refractivity contribution in [1.29, 1.82) is 0 Å². The summed E-state index contributed by atoms with van der Waals surface area (Å²) in [5.74, 6) is 0.915. The Morgan fingerprint density at radius 1 is 1.21 bits per heavy atom. The van der Waals surface area contributed by atoms with Crippen LogP contribution in [-0.4, -0.2) is 40.2 Å². The molecule has 0 spiro atoms. The summed E-state index contributed by atoms with van der Waals surface area (Å²) < 4.78 is 16.9. The second-order valence-electron chi connectivity index (χ2n) is 5.40. The van der Waals surface area contributed by atoms with Gasteiger partial charge in [0.1, 0.15) is 5.75 Å². The third-order valence-electron chi connectivity index (χ3n) is 4.93. The average Bonchev–Trinajstić information content (AvgIpc) is 2.80. The van der Waals surface area contributed by atoms with Crippen molar-refractivity contribution in [2.24, 2.45) is 5.92 Å². The van der Waals surface area contributed by atoms with Crippen LogP contribution in [0.2, 0.25) is 0 Å². The predicted molar refractivity (Wildman–Crippen MR) is 72.4 cm³/mol. The fourth-order valence-corrected chi connectivity index (χ4v) is 3.90. The molecule has 1 saturated carbocycles. The monoisotopic (exact) mass is 263 g/mol. The molecule has 1 N–H and O–H groups in total. The van der Waals surface area contributed by atoms with Crippen molar-refractivity contribution in [3.8, 4) is 5.75 Å². The second kappa shape index (κ2) is 4.47. The Hall–Kier alpha value is -1.10. The van der Waals surface area contributed by atoms with Crippen LogP contribution >= 0.6 is 0 Å². The molecule has 1 heterocycles. The highest BCUT2D eigenvalue weighted by atomic mass is 16.7. The fourth-order valence-electron chi connectivity index (χ4n) is 3.90. The first kappa shape index (κ1) is 12.9. The Kier molecular flexibility index (Phi) is 3.04. The van der Waals surface area contributed by atoms with E-state index < -0.39 is 5.79 Å². The summed E-state index contributed by atoms with van der Waals surface area (Å²) in [6.45, 7) is 1.90. The van der Waals surface area contributed by atoms with Crippen LogP contribution in [0.3, 0.4) is 0 Å². The molecule has 4 heteroatoms. The highest BCUT2D eigenvalue weighted by Gasteiger charge is 2.69. The number of hydrogen-bond acceptors (Lipinski definition) is 4. The van der Waals surface area contributed by atoms with E-state index in [2.05, 4.69) is 17.4 Å². The highest BCUT2D eigenvalue weighted by molar-refractivity contribution is 5.42. The van der Waals surface area contributed by atoms with Crippen LogP contribution in [-0.2, 0) is 14.9 Å². The van der Waals surface area contributed by atoms with Crippen molar-refractivity contribution in [2.75, 3.05) is 34.4 Å². The standard InChI is InChI=1S/C15H21NO3/c1-17-13-6-4-5-11(7-13)14-10-16-9-12(14)8-15(14,18-2)19-3/h4-7,12,16H,8-10H2,1-3H3. The summed E-state index contributed by atoms with van der Waals surface area (Å²) >= 11 is 0. The summed E-state index contributed by atoms with van der Waals surface area (Å²) in [6, 6.07) is 8.25. The summed E-state index contributed by atoms with van der Waals surface area (Å²) in [5, 5.41) is 3.48. The molecule has 2 unspecified atom stereocenters. The maximum absolute atomic E-state index is 5.77. The van der Waals surface area contributed by atoms with E-state index in [1.807, 2.05) is 12.1 Å². The molecular formula is C15H21NO3. The lowest BCUT2D eigenvalue weighted by Gasteiger charge is -2.59. The maximum Gasteiger partial charge on any atom is 0.179 e. The second-order valence-corrected chi connectivity index (χ2v) is 5.40. The van der Waals surface area contributed by atoms with E-state index >= 15 is 0 Å². The summed E-state index contributed by atoms with van der Waals surface area (Å²) in [4.78, 5) is 0. The number of ether oxygens (including phenoxy) is 3. The van der Waals surface area contributed by atoms with Crippen molar-refractivity contribution in [3.63, 3.8) is 0 Å². The van der Waals surface area contributed by atoms with Gasteiger partial charge in [-0.1, -0.05) is 12.1 Å². The van der Waals surface area contributed by atoms with Crippen molar-refractivity contribution >= 4 is 0 Å². The largest absolute Gasteiger partial charge is 0.497 e. The molecular weight excluding hydrogens is 242 g/mol. The van der Waals surface area contributed by atoms with Gasteiger partial charge < -0.3 is 19.5 Å². The quantitative estimate of drug-likeness (QED) is 0.837. The zero-order chi connectivity index (χ0) is 13.5. The smallest absolute Gasteiger partial charge is 0.179 e. The number of nitrogens with one attached hydrogen (secondary N) is 1. The van der Waals surface area contributed by atoms with Crippen LogP contribution in [0.4, 0.5) is 0 Å². The maximum atomic E-state index is 5.77. The molecule has 1 saturated heterocycles. The van der Waals surface area contributed by atoms with E-state index in [4.69, 9.17) is 14.2 Å². The van der Waals surface area contributed by atoms with Crippen molar-refractivity contribution in [2.45, 2.75) is 17.6 Å². The normalized spacial score (nSPS) is 31.6.